The van der Waals surface area contributed by atoms with E-state index < -0.39 is 19.2 Å². The highest BCUT2D eigenvalue weighted by molar-refractivity contribution is 5.94. The second kappa shape index (κ2) is 11.2. The second-order valence-electron chi connectivity index (χ2n) is 7.67. The standard InChI is InChI=1S/C26H27NO7/c1-17(28)19-8-10-23(24(13-19)32-4)33-16-26(30)34-15-25(29)27(2)14-18-5-6-21-12-22(31-3)9-7-20(21)11-18/h5-13H,14-16H2,1-4H3. The molecule has 0 heterocycles. The van der Waals surface area contributed by atoms with E-state index in [1.807, 2.05) is 36.4 Å². The quantitative estimate of drug-likeness (QED) is 0.333. The van der Waals surface area contributed by atoms with E-state index >= 15 is 0 Å². The minimum absolute atomic E-state index is 0.115. The molecule has 8 heteroatoms. The Hall–Kier alpha value is -4.07. The largest absolute Gasteiger partial charge is 0.497 e. The number of esters is 1. The van der Waals surface area contributed by atoms with E-state index in [0.29, 0.717) is 23.6 Å². The number of likely N-dealkylation sites (N-methyl/N-ethyl adjacent to an activating group) is 1. The van der Waals surface area contributed by atoms with E-state index in [9.17, 15) is 14.4 Å². The van der Waals surface area contributed by atoms with Gasteiger partial charge in [-0.3, -0.25) is 9.59 Å². The van der Waals surface area contributed by atoms with Crippen molar-refractivity contribution in [3.63, 3.8) is 0 Å². The van der Waals surface area contributed by atoms with Crippen molar-refractivity contribution in [3.05, 3.63) is 65.7 Å². The van der Waals surface area contributed by atoms with Gasteiger partial charge in [-0.05, 0) is 59.7 Å². The Morgan fingerprint density at radius 2 is 1.56 bits per heavy atom. The van der Waals surface area contributed by atoms with Crippen LogP contribution in [0.5, 0.6) is 17.2 Å². The lowest BCUT2D eigenvalue weighted by Crippen LogP contribution is -2.31. The van der Waals surface area contributed by atoms with Crippen molar-refractivity contribution in [2.75, 3.05) is 34.5 Å². The van der Waals surface area contributed by atoms with Crippen LogP contribution < -0.4 is 14.2 Å². The van der Waals surface area contributed by atoms with E-state index in [2.05, 4.69) is 0 Å². The van der Waals surface area contributed by atoms with Crippen molar-refractivity contribution >= 4 is 28.4 Å². The number of carbonyl (C=O) groups is 3. The molecule has 3 aromatic rings. The molecule has 0 spiro atoms. The van der Waals surface area contributed by atoms with Gasteiger partial charge in [-0.25, -0.2) is 4.79 Å². The maximum absolute atomic E-state index is 12.4. The van der Waals surface area contributed by atoms with Crippen LogP contribution in [-0.4, -0.2) is 57.0 Å². The van der Waals surface area contributed by atoms with Gasteiger partial charge in [-0.15, -0.1) is 0 Å². The Morgan fingerprint density at radius 3 is 2.26 bits per heavy atom. The number of benzene rings is 3. The maximum Gasteiger partial charge on any atom is 0.344 e. The summed E-state index contributed by atoms with van der Waals surface area (Å²) in [5, 5.41) is 2.08. The number of fused-ring (bicyclic) bond motifs is 1. The molecular weight excluding hydrogens is 438 g/mol. The van der Waals surface area contributed by atoms with Gasteiger partial charge in [-0.1, -0.05) is 18.2 Å². The summed E-state index contributed by atoms with van der Waals surface area (Å²) < 4.78 is 20.9. The predicted octanol–water partition coefficient (Wildman–Crippen LogP) is 3.64. The number of methoxy groups -OCH3 is 2. The van der Waals surface area contributed by atoms with Crippen LogP contribution in [0.15, 0.2) is 54.6 Å². The van der Waals surface area contributed by atoms with Gasteiger partial charge in [0.15, 0.2) is 30.5 Å². The highest BCUT2D eigenvalue weighted by Gasteiger charge is 2.15. The van der Waals surface area contributed by atoms with Gasteiger partial charge in [0.05, 0.1) is 14.2 Å². The molecule has 34 heavy (non-hydrogen) atoms. The number of ether oxygens (including phenoxy) is 4. The fraction of sp³-hybridized carbons (Fsp3) is 0.269. The van der Waals surface area contributed by atoms with Crippen LogP contribution in [0.25, 0.3) is 10.8 Å². The molecule has 0 saturated carbocycles. The summed E-state index contributed by atoms with van der Waals surface area (Å²) in [5.41, 5.74) is 1.41. The number of amides is 1. The first-order chi connectivity index (χ1) is 16.3. The number of hydrogen-bond donors (Lipinski definition) is 0. The highest BCUT2D eigenvalue weighted by Crippen LogP contribution is 2.28. The Kier molecular flexibility index (Phi) is 8.08. The van der Waals surface area contributed by atoms with E-state index in [4.69, 9.17) is 18.9 Å². The summed E-state index contributed by atoms with van der Waals surface area (Å²) in [6, 6.07) is 16.4. The molecule has 8 nitrogen and oxygen atoms in total. The van der Waals surface area contributed by atoms with Gasteiger partial charge in [0, 0.05) is 19.2 Å². The first kappa shape index (κ1) is 24.6. The number of rotatable bonds is 10. The third-order valence-corrected chi connectivity index (χ3v) is 5.23. The molecule has 0 aromatic heterocycles. The summed E-state index contributed by atoms with van der Waals surface area (Å²) >= 11 is 0. The van der Waals surface area contributed by atoms with Gasteiger partial charge in [0.1, 0.15) is 5.75 Å². The topological polar surface area (TPSA) is 91.4 Å². The summed E-state index contributed by atoms with van der Waals surface area (Å²) in [6.07, 6.45) is 0. The minimum Gasteiger partial charge on any atom is -0.497 e. The Labute approximate surface area is 198 Å². The molecule has 0 aliphatic rings. The Morgan fingerprint density at radius 1 is 0.824 bits per heavy atom. The van der Waals surface area contributed by atoms with Crippen LogP contribution in [0.2, 0.25) is 0 Å². The second-order valence-corrected chi connectivity index (χ2v) is 7.67. The molecule has 0 radical (unpaired) electrons. The van der Waals surface area contributed by atoms with Crippen LogP contribution in [0.4, 0.5) is 0 Å². The fourth-order valence-electron chi connectivity index (χ4n) is 3.30. The van der Waals surface area contributed by atoms with Gasteiger partial charge < -0.3 is 23.8 Å². The molecule has 1 amide bonds. The lowest BCUT2D eigenvalue weighted by Gasteiger charge is -2.18. The molecule has 0 fully saturated rings. The highest BCUT2D eigenvalue weighted by atomic mass is 16.6. The average molecular weight is 466 g/mol. The van der Waals surface area contributed by atoms with Crippen LogP contribution >= 0.6 is 0 Å². The number of carbonyl (C=O) groups excluding carboxylic acids is 3. The molecule has 3 rings (SSSR count). The zero-order chi connectivity index (χ0) is 24.7. The number of ketones is 1. The summed E-state index contributed by atoms with van der Waals surface area (Å²) in [4.78, 5) is 37.4. The minimum atomic E-state index is -0.695. The molecule has 0 aliphatic carbocycles. The van der Waals surface area contributed by atoms with Crippen molar-refractivity contribution in [3.8, 4) is 17.2 Å². The number of nitrogens with zero attached hydrogens (tertiary/aromatic N) is 1. The molecule has 0 aliphatic heterocycles. The normalized spacial score (nSPS) is 10.5. The van der Waals surface area contributed by atoms with Crippen molar-refractivity contribution in [1.82, 2.24) is 4.90 Å². The Balaban J connectivity index is 1.49. The van der Waals surface area contributed by atoms with E-state index in [1.165, 1.54) is 25.0 Å². The molecule has 178 valence electrons. The summed E-state index contributed by atoms with van der Waals surface area (Å²) in [5.74, 6) is 0.248. The molecule has 0 bridgehead atoms. The number of Topliss-reactive ketones (excluding diaryl/α,β-unsaturated/α-hetero) is 1. The van der Waals surface area contributed by atoms with Crippen LogP contribution in [-0.2, 0) is 20.9 Å². The molecular formula is C26H27NO7. The van der Waals surface area contributed by atoms with E-state index in [-0.39, 0.29) is 11.7 Å². The first-order valence-corrected chi connectivity index (χ1v) is 10.6. The molecule has 0 saturated heterocycles. The number of hydrogen-bond acceptors (Lipinski definition) is 7. The fourth-order valence-corrected chi connectivity index (χ4v) is 3.30. The van der Waals surface area contributed by atoms with Gasteiger partial charge in [0.25, 0.3) is 5.91 Å². The lowest BCUT2D eigenvalue weighted by atomic mass is 10.1. The smallest absolute Gasteiger partial charge is 0.344 e. The molecule has 0 atom stereocenters. The van der Waals surface area contributed by atoms with Crippen molar-refractivity contribution < 1.29 is 33.3 Å². The van der Waals surface area contributed by atoms with Crippen molar-refractivity contribution in [1.29, 1.82) is 0 Å². The van der Waals surface area contributed by atoms with Gasteiger partial charge >= 0.3 is 5.97 Å². The van der Waals surface area contributed by atoms with Crippen LogP contribution in [0, 0.1) is 0 Å². The molecule has 0 unspecified atom stereocenters. The van der Waals surface area contributed by atoms with Crippen LogP contribution in [0.1, 0.15) is 22.8 Å². The van der Waals surface area contributed by atoms with Crippen molar-refractivity contribution in [2.24, 2.45) is 0 Å². The average Bonchev–Trinajstić information content (AvgIpc) is 2.85. The SMILES string of the molecule is COc1ccc2cc(CN(C)C(=O)COC(=O)COc3ccc(C(C)=O)cc3OC)ccc2c1. The lowest BCUT2D eigenvalue weighted by molar-refractivity contribution is -0.153. The zero-order valence-electron chi connectivity index (χ0n) is 19.6. The monoisotopic (exact) mass is 465 g/mol. The van der Waals surface area contributed by atoms with Gasteiger partial charge in [0.2, 0.25) is 0 Å². The van der Waals surface area contributed by atoms with E-state index in [1.54, 1.807) is 26.3 Å². The predicted molar refractivity (Wildman–Crippen MR) is 126 cm³/mol. The first-order valence-electron chi connectivity index (χ1n) is 10.6. The molecule has 0 N–H and O–H groups in total. The molecule has 3 aromatic carbocycles. The summed E-state index contributed by atoms with van der Waals surface area (Å²) in [7, 11) is 4.70. The third kappa shape index (κ3) is 6.25. The zero-order valence-corrected chi connectivity index (χ0v) is 19.6. The van der Waals surface area contributed by atoms with E-state index in [0.717, 1.165) is 22.1 Å². The van der Waals surface area contributed by atoms with Crippen LogP contribution in [0.3, 0.4) is 0 Å². The van der Waals surface area contributed by atoms with Crippen molar-refractivity contribution in [2.45, 2.75) is 13.5 Å². The Bertz CT molecular complexity index is 1200. The maximum atomic E-state index is 12.4. The van der Waals surface area contributed by atoms with Gasteiger partial charge in [-0.2, -0.15) is 0 Å². The third-order valence-electron chi connectivity index (χ3n) is 5.23. The summed E-state index contributed by atoms with van der Waals surface area (Å²) in [6.45, 7) is 1.01.